The molecule has 0 unspecified atom stereocenters. The van der Waals surface area contributed by atoms with Crippen molar-refractivity contribution in [3.63, 3.8) is 0 Å². The van der Waals surface area contributed by atoms with Gasteiger partial charge in [0.25, 0.3) is 5.91 Å². The largest absolute Gasteiger partial charge is 0.288 e. The lowest BCUT2D eigenvalue weighted by Gasteiger charge is -2.01. The summed E-state index contributed by atoms with van der Waals surface area (Å²) in [6.07, 6.45) is 6.28. The van der Waals surface area contributed by atoms with Crippen molar-refractivity contribution >= 4 is 32.5 Å². The van der Waals surface area contributed by atoms with Gasteiger partial charge in [0.1, 0.15) is 5.04 Å². The quantitative estimate of drug-likeness (QED) is 0.335. The normalized spacial score (nSPS) is 15.6. The van der Waals surface area contributed by atoms with Crippen LogP contribution < -0.4 is 5.48 Å². The van der Waals surface area contributed by atoms with E-state index in [1.807, 2.05) is 6.08 Å². The zero-order valence-electron chi connectivity index (χ0n) is 7.34. The van der Waals surface area contributed by atoms with Crippen LogP contribution >= 0.6 is 21.6 Å². The molecule has 0 fully saturated rings. The summed E-state index contributed by atoms with van der Waals surface area (Å²) in [5.74, 6) is -0.528. The summed E-state index contributed by atoms with van der Waals surface area (Å²) < 4.78 is 0. The van der Waals surface area contributed by atoms with E-state index in [2.05, 4.69) is 11.1 Å². The number of carbonyl (C=O) groups is 1. The Balaban J connectivity index is 2.21. The molecule has 0 aromatic rings. The van der Waals surface area contributed by atoms with Gasteiger partial charge < -0.3 is 0 Å². The Morgan fingerprint density at radius 3 is 3.21 bits per heavy atom. The number of nitrogens with one attached hydrogen (secondary N) is 1. The molecule has 1 aliphatic heterocycles. The molecular weight excluding hydrogens is 220 g/mol. The Morgan fingerprint density at radius 1 is 1.71 bits per heavy atom. The molecule has 1 rings (SSSR count). The minimum Gasteiger partial charge on any atom is -0.288 e. The monoisotopic (exact) mass is 230 g/mol. The van der Waals surface area contributed by atoms with E-state index in [4.69, 9.17) is 5.21 Å². The highest BCUT2D eigenvalue weighted by Gasteiger charge is 1.98. The maximum Gasteiger partial charge on any atom is 0.267 e. The minimum absolute atomic E-state index is 0.528. The molecule has 0 aromatic carbocycles. The number of hydrogen-bond donors (Lipinski definition) is 2. The van der Waals surface area contributed by atoms with Crippen molar-refractivity contribution in [3.05, 3.63) is 23.6 Å². The van der Waals surface area contributed by atoms with Crippen LogP contribution in [0.4, 0.5) is 0 Å². The van der Waals surface area contributed by atoms with Gasteiger partial charge in [-0.25, -0.2) is 5.48 Å². The fraction of sp³-hybridized carbons (Fsp3) is 0.250. The Morgan fingerprint density at radius 2 is 2.57 bits per heavy atom. The highest BCUT2D eigenvalue weighted by Crippen LogP contribution is 2.25. The number of dihydropyridines is 1. The summed E-state index contributed by atoms with van der Waals surface area (Å²) in [6, 6.07) is 0. The molecule has 0 atom stereocenters. The summed E-state index contributed by atoms with van der Waals surface area (Å²) in [5, 5.41) is 10.7. The lowest BCUT2D eigenvalue weighted by Crippen LogP contribution is -2.14. The van der Waals surface area contributed by atoms with E-state index in [1.165, 1.54) is 33.1 Å². The van der Waals surface area contributed by atoms with E-state index in [0.29, 0.717) is 0 Å². The van der Waals surface area contributed by atoms with Gasteiger partial charge in [0.05, 0.1) is 0 Å². The number of amides is 1. The van der Waals surface area contributed by atoms with E-state index < -0.39 is 5.91 Å². The molecule has 0 aromatic heterocycles. The van der Waals surface area contributed by atoms with Gasteiger partial charge in [-0.3, -0.25) is 15.0 Å². The van der Waals surface area contributed by atoms with Gasteiger partial charge in [-0.15, -0.1) is 0 Å². The number of carbonyl (C=O) groups excluding carboxylic acids is 1. The second kappa shape index (κ2) is 6.69. The summed E-state index contributed by atoms with van der Waals surface area (Å²) in [4.78, 5) is 14.8. The van der Waals surface area contributed by atoms with E-state index in [1.54, 1.807) is 5.41 Å². The molecule has 4 nitrogen and oxygen atoms in total. The molecule has 76 valence electrons. The number of hydroxylamine groups is 1. The zero-order chi connectivity index (χ0) is 10.2. The van der Waals surface area contributed by atoms with Crippen LogP contribution in [0, 0.1) is 0 Å². The fourth-order valence-electron chi connectivity index (χ4n) is 0.744. The van der Waals surface area contributed by atoms with Crippen LogP contribution in [0.5, 0.6) is 0 Å². The number of nitrogens with zero attached hydrogens (tertiary/aromatic N) is 1. The van der Waals surface area contributed by atoms with Crippen LogP contribution in [0.3, 0.4) is 0 Å². The third-order valence-corrected chi connectivity index (χ3v) is 3.26. The predicted molar refractivity (Wildman–Crippen MR) is 60.3 cm³/mol. The molecule has 14 heavy (non-hydrogen) atoms. The molecule has 1 aliphatic rings. The summed E-state index contributed by atoms with van der Waals surface area (Å²) >= 11 is 0. The van der Waals surface area contributed by atoms with Crippen LogP contribution in [0.25, 0.3) is 0 Å². The number of hydrogen-bond acceptors (Lipinski definition) is 5. The Kier molecular flexibility index (Phi) is 5.43. The summed E-state index contributed by atoms with van der Waals surface area (Å²) in [7, 11) is 2.87. The average Bonchev–Trinajstić information content (AvgIpc) is 2.25. The van der Waals surface area contributed by atoms with E-state index in [9.17, 15) is 4.79 Å². The Bertz CT molecular complexity index is 287. The van der Waals surface area contributed by atoms with Crippen molar-refractivity contribution in [2.75, 3.05) is 6.54 Å². The van der Waals surface area contributed by atoms with Crippen LogP contribution in [0.2, 0.25) is 0 Å². The maximum atomic E-state index is 10.5. The van der Waals surface area contributed by atoms with Crippen molar-refractivity contribution in [1.82, 2.24) is 5.48 Å². The second-order valence-electron chi connectivity index (χ2n) is 2.37. The van der Waals surface area contributed by atoms with Crippen molar-refractivity contribution < 1.29 is 10.0 Å². The van der Waals surface area contributed by atoms with Crippen molar-refractivity contribution in [2.45, 2.75) is 6.42 Å². The SMILES string of the molecule is O=C(/C=C/SSC1=NCCC=C1)NO. The number of rotatable bonds is 3. The second-order valence-corrected chi connectivity index (χ2v) is 4.50. The first-order valence-electron chi connectivity index (χ1n) is 3.98. The standard InChI is InChI=1S/C8H10N2O2S2/c11-7(10-12)4-6-13-14-8-3-1-2-5-9-8/h1,3-4,6,12H,2,5H2,(H,10,11)/b6-4+. The van der Waals surface area contributed by atoms with Crippen LogP contribution in [0.15, 0.2) is 28.6 Å². The molecule has 0 spiro atoms. The Hall–Kier alpha value is -0.720. The average molecular weight is 230 g/mol. The van der Waals surface area contributed by atoms with Crippen molar-refractivity contribution in [2.24, 2.45) is 4.99 Å². The van der Waals surface area contributed by atoms with Crippen LogP contribution in [-0.4, -0.2) is 22.7 Å². The van der Waals surface area contributed by atoms with E-state index in [0.717, 1.165) is 18.0 Å². The molecule has 0 radical (unpaired) electrons. The molecule has 0 saturated carbocycles. The molecule has 0 bridgehead atoms. The third-order valence-electron chi connectivity index (χ3n) is 1.34. The fourth-order valence-corrected chi connectivity index (χ4v) is 2.33. The molecule has 6 heteroatoms. The van der Waals surface area contributed by atoms with Crippen LogP contribution in [-0.2, 0) is 4.79 Å². The van der Waals surface area contributed by atoms with Crippen LogP contribution in [0.1, 0.15) is 6.42 Å². The van der Waals surface area contributed by atoms with E-state index in [-0.39, 0.29) is 0 Å². The molecule has 0 aliphatic carbocycles. The number of aliphatic imine (C=N–C) groups is 1. The van der Waals surface area contributed by atoms with Gasteiger partial charge in [-0.1, -0.05) is 16.9 Å². The van der Waals surface area contributed by atoms with Crippen molar-refractivity contribution in [3.8, 4) is 0 Å². The highest BCUT2D eigenvalue weighted by molar-refractivity contribution is 8.83. The topological polar surface area (TPSA) is 61.7 Å². The van der Waals surface area contributed by atoms with Gasteiger partial charge in [0.2, 0.25) is 0 Å². The first kappa shape index (κ1) is 11.4. The molecule has 2 N–H and O–H groups in total. The molecule has 1 amide bonds. The smallest absolute Gasteiger partial charge is 0.267 e. The predicted octanol–water partition coefficient (Wildman–Crippen LogP) is 1.75. The zero-order valence-corrected chi connectivity index (χ0v) is 8.98. The first-order chi connectivity index (χ1) is 6.83. The molecular formula is C8H10N2O2S2. The maximum absolute atomic E-state index is 10.5. The van der Waals surface area contributed by atoms with Gasteiger partial charge in [-0.05, 0) is 28.7 Å². The Labute approximate surface area is 89.9 Å². The summed E-state index contributed by atoms with van der Waals surface area (Å²) in [5.41, 5.74) is 1.51. The minimum atomic E-state index is -0.528. The van der Waals surface area contributed by atoms with Gasteiger partial charge in [0, 0.05) is 12.6 Å². The van der Waals surface area contributed by atoms with Gasteiger partial charge >= 0.3 is 0 Å². The lowest BCUT2D eigenvalue weighted by molar-refractivity contribution is -0.124. The molecule has 1 heterocycles. The lowest BCUT2D eigenvalue weighted by atomic mass is 10.3. The highest BCUT2D eigenvalue weighted by atomic mass is 33.1. The van der Waals surface area contributed by atoms with Gasteiger partial charge in [-0.2, -0.15) is 0 Å². The third kappa shape index (κ3) is 4.50. The van der Waals surface area contributed by atoms with E-state index >= 15 is 0 Å². The molecule has 0 saturated heterocycles. The van der Waals surface area contributed by atoms with Gasteiger partial charge in [0.15, 0.2) is 0 Å². The first-order valence-corrected chi connectivity index (χ1v) is 6.19. The van der Waals surface area contributed by atoms with Crippen molar-refractivity contribution in [1.29, 1.82) is 0 Å². The summed E-state index contributed by atoms with van der Waals surface area (Å²) in [6.45, 7) is 0.834.